The van der Waals surface area contributed by atoms with Crippen LogP contribution in [0.3, 0.4) is 0 Å². The Morgan fingerprint density at radius 3 is 2.74 bits per heavy atom. The minimum atomic E-state index is -0.123. The van der Waals surface area contributed by atoms with Gasteiger partial charge >= 0.3 is 0 Å². The highest BCUT2D eigenvalue weighted by Gasteiger charge is 2.10. The third-order valence-electron chi connectivity index (χ3n) is 3.23. The molecule has 0 saturated carbocycles. The van der Waals surface area contributed by atoms with Gasteiger partial charge in [0.25, 0.3) is 0 Å². The van der Waals surface area contributed by atoms with Crippen molar-refractivity contribution in [1.82, 2.24) is 15.0 Å². The number of aryl methyl sites for hydroxylation is 2. The van der Waals surface area contributed by atoms with Crippen LogP contribution in [0.1, 0.15) is 38.1 Å². The second-order valence-corrected chi connectivity index (χ2v) is 6.75. The standard InChI is InChI=1S/C15H20ClN5OS/c1-4-12(22)20-15-19-10(3)18-14(21-15)17-9(2)5-6-11-7-8-23-13(11)16/h7-9H,4-6H2,1-3H3,(H2,17,18,19,20,21,22). The summed E-state index contributed by atoms with van der Waals surface area (Å²) in [7, 11) is 0. The smallest absolute Gasteiger partial charge is 0.234 e. The molecule has 0 aliphatic carbocycles. The lowest BCUT2D eigenvalue weighted by molar-refractivity contribution is -0.115. The SMILES string of the molecule is CCC(=O)Nc1nc(C)nc(NC(C)CCc2ccsc2Cl)n1. The molecule has 2 aromatic rings. The van der Waals surface area contributed by atoms with Crippen LogP contribution in [0.25, 0.3) is 0 Å². The fraction of sp³-hybridized carbons (Fsp3) is 0.467. The zero-order valence-electron chi connectivity index (χ0n) is 13.4. The molecule has 0 aliphatic heterocycles. The molecule has 2 heterocycles. The van der Waals surface area contributed by atoms with Gasteiger partial charge in [-0.1, -0.05) is 18.5 Å². The Hall–Kier alpha value is -1.73. The van der Waals surface area contributed by atoms with E-state index in [1.165, 1.54) is 0 Å². The van der Waals surface area contributed by atoms with E-state index >= 15 is 0 Å². The summed E-state index contributed by atoms with van der Waals surface area (Å²) in [5.74, 6) is 1.18. The first-order valence-electron chi connectivity index (χ1n) is 7.49. The van der Waals surface area contributed by atoms with E-state index in [9.17, 15) is 4.79 Å². The van der Waals surface area contributed by atoms with Gasteiger partial charge in [0.2, 0.25) is 17.8 Å². The van der Waals surface area contributed by atoms with Crippen LogP contribution < -0.4 is 10.6 Å². The van der Waals surface area contributed by atoms with Crippen molar-refractivity contribution >= 4 is 40.7 Å². The van der Waals surface area contributed by atoms with Crippen molar-refractivity contribution in [3.8, 4) is 0 Å². The zero-order valence-corrected chi connectivity index (χ0v) is 15.0. The molecule has 1 amide bonds. The van der Waals surface area contributed by atoms with E-state index in [0.29, 0.717) is 18.2 Å². The molecule has 23 heavy (non-hydrogen) atoms. The zero-order chi connectivity index (χ0) is 16.8. The summed E-state index contributed by atoms with van der Waals surface area (Å²) in [6.07, 6.45) is 2.17. The lowest BCUT2D eigenvalue weighted by Gasteiger charge is -2.14. The summed E-state index contributed by atoms with van der Waals surface area (Å²) in [6.45, 7) is 5.61. The Bertz CT molecular complexity index is 676. The molecule has 0 aliphatic rings. The van der Waals surface area contributed by atoms with Crippen LogP contribution in [0.2, 0.25) is 4.34 Å². The van der Waals surface area contributed by atoms with Gasteiger partial charge in [0.15, 0.2) is 0 Å². The number of carbonyl (C=O) groups is 1. The highest BCUT2D eigenvalue weighted by atomic mass is 35.5. The summed E-state index contributed by atoms with van der Waals surface area (Å²) >= 11 is 7.66. The molecular weight excluding hydrogens is 334 g/mol. The molecule has 0 spiro atoms. The highest BCUT2D eigenvalue weighted by Crippen LogP contribution is 2.24. The molecular formula is C15H20ClN5OS. The third-order valence-corrected chi connectivity index (χ3v) is 4.49. The van der Waals surface area contributed by atoms with E-state index in [2.05, 4.69) is 32.5 Å². The monoisotopic (exact) mass is 353 g/mol. The van der Waals surface area contributed by atoms with Gasteiger partial charge in [-0.2, -0.15) is 15.0 Å². The lowest BCUT2D eigenvalue weighted by Crippen LogP contribution is -2.20. The van der Waals surface area contributed by atoms with E-state index in [4.69, 9.17) is 11.6 Å². The van der Waals surface area contributed by atoms with Gasteiger partial charge < -0.3 is 5.32 Å². The molecule has 6 nitrogen and oxygen atoms in total. The molecule has 124 valence electrons. The number of nitrogens with zero attached hydrogens (tertiary/aromatic N) is 3. The summed E-state index contributed by atoms with van der Waals surface area (Å²) in [6, 6.07) is 2.22. The normalized spacial score (nSPS) is 12.0. The number of amides is 1. The van der Waals surface area contributed by atoms with Crippen LogP contribution >= 0.6 is 22.9 Å². The Morgan fingerprint density at radius 2 is 2.09 bits per heavy atom. The lowest BCUT2D eigenvalue weighted by atomic mass is 10.1. The second-order valence-electron chi connectivity index (χ2n) is 5.24. The number of hydrogen-bond donors (Lipinski definition) is 2. The van der Waals surface area contributed by atoms with Gasteiger partial charge in [-0.25, -0.2) is 0 Å². The van der Waals surface area contributed by atoms with E-state index in [-0.39, 0.29) is 17.9 Å². The molecule has 1 unspecified atom stereocenters. The van der Waals surface area contributed by atoms with Crippen LogP contribution in [-0.4, -0.2) is 26.9 Å². The third kappa shape index (κ3) is 5.44. The predicted octanol–water partition coefficient (Wildman–Crippen LogP) is 3.68. The quantitative estimate of drug-likeness (QED) is 0.793. The van der Waals surface area contributed by atoms with Gasteiger partial charge in [0.05, 0.1) is 4.34 Å². The van der Waals surface area contributed by atoms with Gasteiger partial charge in [0, 0.05) is 12.5 Å². The Morgan fingerprint density at radius 1 is 1.35 bits per heavy atom. The second kappa shape index (κ2) is 8.21. The molecule has 2 N–H and O–H groups in total. The molecule has 0 fully saturated rings. The Kier molecular flexibility index (Phi) is 6.29. The maximum Gasteiger partial charge on any atom is 0.234 e. The van der Waals surface area contributed by atoms with E-state index in [1.807, 2.05) is 11.4 Å². The van der Waals surface area contributed by atoms with Gasteiger partial charge in [-0.3, -0.25) is 10.1 Å². The maximum atomic E-state index is 11.4. The summed E-state index contributed by atoms with van der Waals surface area (Å²) < 4.78 is 0.845. The number of thiophene rings is 1. The number of halogens is 1. The number of carbonyl (C=O) groups excluding carboxylic acids is 1. The minimum absolute atomic E-state index is 0.123. The Balaban J connectivity index is 1.95. The average Bonchev–Trinajstić information content (AvgIpc) is 2.89. The number of hydrogen-bond acceptors (Lipinski definition) is 6. The molecule has 0 radical (unpaired) electrons. The predicted molar refractivity (Wildman–Crippen MR) is 94.2 cm³/mol. The molecule has 2 rings (SSSR count). The largest absolute Gasteiger partial charge is 0.352 e. The van der Waals surface area contributed by atoms with E-state index in [0.717, 1.165) is 22.7 Å². The fourth-order valence-corrected chi connectivity index (χ4v) is 2.96. The summed E-state index contributed by atoms with van der Waals surface area (Å²) in [4.78, 5) is 24.1. The van der Waals surface area contributed by atoms with Gasteiger partial charge in [-0.15, -0.1) is 11.3 Å². The van der Waals surface area contributed by atoms with Crippen molar-refractivity contribution in [2.24, 2.45) is 0 Å². The number of aromatic nitrogens is 3. The minimum Gasteiger partial charge on any atom is -0.352 e. The molecule has 0 bridgehead atoms. The topological polar surface area (TPSA) is 79.8 Å². The number of nitrogens with one attached hydrogen (secondary N) is 2. The van der Waals surface area contributed by atoms with Crippen LogP contribution in [0, 0.1) is 6.92 Å². The van der Waals surface area contributed by atoms with Crippen molar-refractivity contribution < 1.29 is 4.79 Å². The molecule has 8 heteroatoms. The van der Waals surface area contributed by atoms with Gasteiger partial charge in [0.1, 0.15) is 5.82 Å². The van der Waals surface area contributed by atoms with Crippen LogP contribution in [0.4, 0.5) is 11.9 Å². The van der Waals surface area contributed by atoms with Crippen LogP contribution in [0.5, 0.6) is 0 Å². The van der Waals surface area contributed by atoms with Crippen molar-refractivity contribution in [2.75, 3.05) is 10.6 Å². The van der Waals surface area contributed by atoms with Crippen LogP contribution in [-0.2, 0) is 11.2 Å². The molecule has 0 aromatic carbocycles. The van der Waals surface area contributed by atoms with Crippen molar-refractivity contribution in [3.63, 3.8) is 0 Å². The molecule has 1 atom stereocenters. The molecule has 0 saturated heterocycles. The Labute approximate surface area is 144 Å². The van der Waals surface area contributed by atoms with E-state index < -0.39 is 0 Å². The van der Waals surface area contributed by atoms with E-state index in [1.54, 1.807) is 25.2 Å². The summed E-state index contributed by atoms with van der Waals surface area (Å²) in [5.41, 5.74) is 1.16. The van der Waals surface area contributed by atoms with Crippen molar-refractivity contribution in [2.45, 2.75) is 46.1 Å². The molecule has 2 aromatic heterocycles. The first-order valence-corrected chi connectivity index (χ1v) is 8.74. The number of rotatable bonds is 7. The fourth-order valence-electron chi connectivity index (χ4n) is 1.98. The van der Waals surface area contributed by atoms with Crippen molar-refractivity contribution in [3.05, 3.63) is 27.2 Å². The van der Waals surface area contributed by atoms with Crippen molar-refractivity contribution in [1.29, 1.82) is 0 Å². The van der Waals surface area contributed by atoms with Crippen LogP contribution in [0.15, 0.2) is 11.4 Å². The van der Waals surface area contributed by atoms with Gasteiger partial charge in [-0.05, 0) is 43.7 Å². The summed E-state index contributed by atoms with van der Waals surface area (Å²) in [5, 5.41) is 7.89. The highest BCUT2D eigenvalue weighted by molar-refractivity contribution is 7.14. The first kappa shape index (κ1) is 17.6. The number of anilines is 2. The first-order chi connectivity index (χ1) is 11.0. The maximum absolute atomic E-state index is 11.4. The average molecular weight is 354 g/mol.